The van der Waals surface area contributed by atoms with E-state index in [2.05, 4.69) is 0 Å². The normalized spacial score (nSPS) is 20.3. The lowest BCUT2D eigenvalue weighted by molar-refractivity contribution is -0.122. The quantitative estimate of drug-likeness (QED) is 0.303. The minimum absolute atomic E-state index is 0.159. The second-order valence-electron chi connectivity index (χ2n) is 7.77. The van der Waals surface area contributed by atoms with Gasteiger partial charge in [0.1, 0.15) is 0 Å². The lowest BCUT2D eigenvalue weighted by Crippen LogP contribution is -2.31. The van der Waals surface area contributed by atoms with E-state index in [9.17, 15) is 19.2 Å². The Hall–Kier alpha value is -3.25. The number of nitrogens with zero attached hydrogens (tertiary/aromatic N) is 1. The number of ether oxygens (including phenoxy) is 1. The number of anilines is 1. The van der Waals surface area contributed by atoms with Crippen molar-refractivity contribution in [3.8, 4) is 0 Å². The molecule has 2 aromatic carbocycles. The maximum absolute atomic E-state index is 12.9. The van der Waals surface area contributed by atoms with E-state index in [1.165, 1.54) is 12.1 Å². The monoisotopic (exact) mass is 437 g/mol. The number of Topliss-reactive ketones (excluding diaryl/α,β-unsaturated/α-hetero) is 1. The Morgan fingerprint density at radius 1 is 1.03 bits per heavy atom. The van der Waals surface area contributed by atoms with Crippen LogP contribution in [0.15, 0.2) is 60.2 Å². The highest BCUT2D eigenvalue weighted by molar-refractivity contribution is 6.30. The van der Waals surface area contributed by atoms with Crippen molar-refractivity contribution < 1.29 is 23.9 Å². The molecule has 0 bridgehead atoms. The fourth-order valence-electron chi connectivity index (χ4n) is 4.00. The first kappa shape index (κ1) is 21.0. The molecule has 2 aliphatic rings. The van der Waals surface area contributed by atoms with E-state index in [1.54, 1.807) is 36.4 Å². The molecule has 31 heavy (non-hydrogen) atoms. The molecule has 0 saturated carbocycles. The van der Waals surface area contributed by atoms with E-state index in [4.69, 9.17) is 16.3 Å². The predicted octanol–water partition coefficient (Wildman–Crippen LogP) is 4.23. The smallest absolute Gasteiger partial charge is 0.338 e. The van der Waals surface area contributed by atoms with Gasteiger partial charge in [0, 0.05) is 10.6 Å². The van der Waals surface area contributed by atoms with Gasteiger partial charge in [-0.15, -0.1) is 0 Å². The van der Waals surface area contributed by atoms with Crippen LogP contribution in [0.1, 0.15) is 40.5 Å². The third-order valence-electron chi connectivity index (χ3n) is 5.66. The third-order valence-corrected chi connectivity index (χ3v) is 5.92. The number of amides is 2. The molecule has 2 aromatic rings. The number of ketones is 1. The first-order valence-electron chi connectivity index (χ1n) is 9.94. The van der Waals surface area contributed by atoms with Gasteiger partial charge in [-0.25, -0.2) is 4.79 Å². The molecule has 2 atom stereocenters. The molecule has 158 valence electrons. The molecule has 0 N–H and O–H groups in total. The first-order chi connectivity index (χ1) is 14.8. The number of fused-ring (bicyclic) bond motifs is 1. The zero-order valence-electron chi connectivity index (χ0n) is 16.8. The Morgan fingerprint density at radius 3 is 2.48 bits per heavy atom. The molecule has 0 aromatic heterocycles. The van der Waals surface area contributed by atoms with Gasteiger partial charge in [-0.1, -0.05) is 29.3 Å². The van der Waals surface area contributed by atoms with Crippen LogP contribution in [0.3, 0.4) is 0 Å². The zero-order valence-corrected chi connectivity index (χ0v) is 17.6. The standard InChI is InChI=1S/C24H20ClNO5/c1-14-5-10-19-20(11-14)23(29)26(22(19)28)18-4-2-3-16(12-18)24(30)31-13-21(27)15-6-8-17(25)9-7-15/h2-9,12,19-20H,10-11,13H2,1H3/t19-,20+/m1/s1. The second kappa shape index (κ2) is 8.47. The highest BCUT2D eigenvalue weighted by Gasteiger charge is 2.48. The summed E-state index contributed by atoms with van der Waals surface area (Å²) < 4.78 is 5.14. The number of allylic oxidation sites excluding steroid dienone is 2. The molecule has 6 nitrogen and oxygen atoms in total. The Bertz CT molecular complexity index is 1110. The van der Waals surface area contributed by atoms with Crippen LogP contribution in [-0.2, 0) is 14.3 Å². The summed E-state index contributed by atoms with van der Waals surface area (Å²) >= 11 is 5.81. The molecule has 1 fully saturated rings. The van der Waals surface area contributed by atoms with Gasteiger partial charge in [-0.3, -0.25) is 19.3 Å². The largest absolute Gasteiger partial charge is 0.454 e. The van der Waals surface area contributed by atoms with E-state index >= 15 is 0 Å². The summed E-state index contributed by atoms with van der Waals surface area (Å²) in [6, 6.07) is 12.4. The van der Waals surface area contributed by atoms with Crippen molar-refractivity contribution >= 4 is 40.9 Å². The number of rotatable bonds is 5. The van der Waals surface area contributed by atoms with Gasteiger partial charge >= 0.3 is 5.97 Å². The zero-order chi connectivity index (χ0) is 22.1. The number of imide groups is 1. The number of benzene rings is 2. The van der Waals surface area contributed by atoms with Crippen LogP contribution in [0, 0.1) is 11.8 Å². The maximum Gasteiger partial charge on any atom is 0.338 e. The molecule has 1 aliphatic carbocycles. The van der Waals surface area contributed by atoms with E-state index < -0.39 is 12.6 Å². The van der Waals surface area contributed by atoms with E-state index in [1.807, 2.05) is 13.0 Å². The number of carbonyl (C=O) groups excluding carboxylic acids is 4. The van der Waals surface area contributed by atoms with Crippen LogP contribution in [0.4, 0.5) is 5.69 Å². The number of hydrogen-bond acceptors (Lipinski definition) is 5. The lowest BCUT2D eigenvalue weighted by Gasteiger charge is -2.18. The Kier molecular flexibility index (Phi) is 5.74. The molecular formula is C24H20ClNO5. The van der Waals surface area contributed by atoms with Crippen molar-refractivity contribution in [1.82, 2.24) is 0 Å². The summed E-state index contributed by atoms with van der Waals surface area (Å²) in [5, 5.41) is 0.502. The van der Waals surface area contributed by atoms with Gasteiger partial charge < -0.3 is 4.74 Å². The van der Waals surface area contributed by atoms with Gasteiger partial charge in [0.05, 0.1) is 23.1 Å². The minimum Gasteiger partial charge on any atom is -0.454 e. The Morgan fingerprint density at radius 2 is 1.74 bits per heavy atom. The Balaban J connectivity index is 1.46. The summed E-state index contributed by atoms with van der Waals surface area (Å²) in [6.45, 7) is 1.53. The number of carbonyl (C=O) groups is 4. The SMILES string of the molecule is CC1=CC[C@H]2C(=O)N(c3cccc(C(=O)OCC(=O)c4ccc(Cl)cc4)c3)C(=O)[C@H]2C1. The van der Waals surface area contributed by atoms with E-state index in [0.29, 0.717) is 29.1 Å². The molecule has 2 amide bonds. The summed E-state index contributed by atoms with van der Waals surface area (Å²) in [6.07, 6.45) is 3.12. The summed E-state index contributed by atoms with van der Waals surface area (Å²) in [7, 11) is 0. The summed E-state index contributed by atoms with van der Waals surface area (Å²) in [5.74, 6) is -2.28. The van der Waals surface area contributed by atoms with Crippen LogP contribution in [0.2, 0.25) is 5.02 Å². The molecule has 0 unspecified atom stereocenters. The second-order valence-corrected chi connectivity index (χ2v) is 8.21. The van der Waals surface area contributed by atoms with Crippen LogP contribution < -0.4 is 4.90 Å². The highest BCUT2D eigenvalue weighted by atomic mass is 35.5. The maximum atomic E-state index is 12.9. The third kappa shape index (κ3) is 4.16. The molecule has 1 aliphatic heterocycles. The highest BCUT2D eigenvalue weighted by Crippen LogP contribution is 2.39. The fourth-order valence-corrected chi connectivity index (χ4v) is 4.12. The summed E-state index contributed by atoms with van der Waals surface area (Å²) in [4.78, 5) is 51.6. The van der Waals surface area contributed by atoms with Gasteiger partial charge in [-0.05, 0) is 62.2 Å². The van der Waals surface area contributed by atoms with Crippen molar-refractivity contribution in [3.63, 3.8) is 0 Å². The van der Waals surface area contributed by atoms with E-state index in [-0.39, 0.29) is 35.0 Å². The fraction of sp³-hybridized carbons (Fsp3) is 0.250. The molecular weight excluding hydrogens is 418 g/mol. The number of esters is 1. The molecule has 0 spiro atoms. The predicted molar refractivity (Wildman–Crippen MR) is 115 cm³/mol. The van der Waals surface area contributed by atoms with Gasteiger partial charge in [-0.2, -0.15) is 0 Å². The van der Waals surface area contributed by atoms with E-state index in [0.717, 1.165) is 10.5 Å². The average molecular weight is 438 g/mol. The van der Waals surface area contributed by atoms with Gasteiger partial charge in [0.2, 0.25) is 11.8 Å². The molecule has 0 radical (unpaired) electrons. The van der Waals surface area contributed by atoms with Crippen LogP contribution in [0.5, 0.6) is 0 Å². The first-order valence-corrected chi connectivity index (χ1v) is 10.3. The van der Waals surface area contributed by atoms with Crippen LogP contribution >= 0.6 is 11.6 Å². The number of halogens is 1. The van der Waals surface area contributed by atoms with Crippen molar-refractivity contribution in [2.75, 3.05) is 11.5 Å². The molecule has 1 heterocycles. The average Bonchev–Trinajstić information content (AvgIpc) is 3.01. The van der Waals surface area contributed by atoms with Gasteiger partial charge in [0.15, 0.2) is 12.4 Å². The van der Waals surface area contributed by atoms with Crippen molar-refractivity contribution in [2.24, 2.45) is 11.8 Å². The Labute approximate surface area is 184 Å². The van der Waals surface area contributed by atoms with Crippen molar-refractivity contribution in [1.29, 1.82) is 0 Å². The van der Waals surface area contributed by atoms with Crippen LogP contribution in [0.25, 0.3) is 0 Å². The molecule has 4 rings (SSSR count). The topological polar surface area (TPSA) is 80.8 Å². The summed E-state index contributed by atoms with van der Waals surface area (Å²) in [5.41, 5.74) is 1.98. The van der Waals surface area contributed by atoms with Gasteiger partial charge in [0.25, 0.3) is 0 Å². The molecule has 7 heteroatoms. The van der Waals surface area contributed by atoms with Crippen molar-refractivity contribution in [2.45, 2.75) is 19.8 Å². The van der Waals surface area contributed by atoms with Crippen molar-refractivity contribution in [3.05, 3.63) is 76.3 Å². The molecule has 1 saturated heterocycles. The lowest BCUT2D eigenvalue weighted by atomic mass is 9.82. The number of hydrogen-bond donors (Lipinski definition) is 0. The van der Waals surface area contributed by atoms with Crippen LogP contribution in [-0.4, -0.2) is 30.2 Å². The minimum atomic E-state index is -0.710.